The van der Waals surface area contributed by atoms with Gasteiger partial charge >= 0.3 is 5.97 Å². The number of hydrogen-bond donors (Lipinski definition) is 2. The van der Waals surface area contributed by atoms with Crippen molar-refractivity contribution in [1.29, 1.82) is 0 Å². The normalized spacial score (nSPS) is 13.0. The molecule has 3 heteroatoms. The number of carboxylic acids is 1. The highest BCUT2D eigenvalue weighted by Crippen LogP contribution is 2.01. The molecular formula is C7H15NO2. The van der Waals surface area contributed by atoms with Crippen molar-refractivity contribution in [2.24, 2.45) is 5.73 Å². The first-order valence-corrected chi connectivity index (χ1v) is 3.67. The molecule has 1 atom stereocenters. The van der Waals surface area contributed by atoms with Crippen LogP contribution in [0.1, 0.15) is 32.6 Å². The standard InChI is InChI=1S/C7H15NO2/c1-2-3-4-5-6(8)7(9)10/h6H,2-5,8H2,1H3,(H,9,10)/t6-/m0/s1. The number of aliphatic carboxylic acids is 1. The summed E-state index contributed by atoms with van der Waals surface area (Å²) in [7, 11) is 0. The second-order valence-corrected chi connectivity index (χ2v) is 2.44. The summed E-state index contributed by atoms with van der Waals surface area (Å²) < 4.78 is 0. The van der Waals surface area contributed by atoms with Gasteiger partial charge in [-0.2, -0.15) is 0 Å². The average molecular weight is 145 g/mol. The summed E-state index contributed by atoms with van der Waals surface area (Å²) in [5, 5.41) is 8.36. The SMILES string of the molecule is CCCCC[C@H](N)C(=O)O. The van der Waals surface area contributed by atoms with Crippen LogP contribution in [-0.4, -0.2) is 17.1 Å². The Kier molecular flexibility index (Phi) is 4.94. The van der Waals surface area contributed by atoms with Crippen molar-refractivity contribution < 1.29 is 9.90 Å². The zero-order chi connectivity index (χ0) is 7.98. The average Bonchev–Trinajstić information content (AvgIpc) is 1.88. The highest BCUT2D eigenvalue weighted by atomic mass is 16.4. The highest BCUT2D eigenvalue weighted by molar-refractivity contribution is 5.72. The fourth-order valence-electron chi connectivity index (χ4n) is 0.738. The Labute approximate surface area is 61.2 Å². The predicted molar refractivity (Wildman–Crippen MR) is 39.8 cm³/mol. The second kappa shape index (κ2) is 5.23. The van der Waals surface area contributed by atoms with Crippen LogP contribution in [0.2, 0.25) is 0 Å². The monoisotopic (exact) mass is 145 g/mol. The summed E-state index contributed by atoms with van der Waals surface area (Å²) in [6.07, 6.45) is 3.69. The minimum atomic E-state index is -0.892. The highest BCUT2D eigenvalue weighted by Gasteiger charge is 2.09. The van der Waals surface area contributed by atoms with Gasteiger partial charge in [0.15, 0.2) is 0 Å². The predicted octanol–water partition coefficient (Wildman–Crippen LogP) is 0.979. The van der Waals surface area contributed by atoms with Crippen molar-refractivity contribution in [2.75, 3.05) is 0 Å². The molecule has 0 aromatic rings. The molecule has 0 rings (SSSR count). The van der Waals surface area contributed by atoms with Crippen molar-refractivity contribution in [3.63, 3.8) is 0 Å². The van der Waals surface area contributed by atoms with E-state index in [4.69, 9.17) is 10.8 Å². The third-order valence-electron chi connectivity index (χ3n) is 1.44. The van der Waals surface area contributed by atoms with Crippen LogP contribution >= 0.6 is 0 Å². The van der Waals surface area contributed by atoms with Gasteiger partial charge in [-0.15, -0.1) is 0 Å². The second-order valence-electron chi connectivity index (χ2n) is 2.44. The van der Waals surface area contributed by atoms with E-state index in [2.05, 4.69) is 6.92 Å². The Morgan fingerprint density at radius 2 is 2.20 bits per heavy atom. The van der Waals surface area contributed by atoms with Crippen molar-refractivity contribution in [3.05, 3.63) is 0 Å². The van der Waals surface area contributed by atoms with Crippen LogP contribution in [0.5, 0.6) is 0 Å². The van der Waals surface area contributed by atoms with E-state index >= 15 is 0 Å². The molecule has 0 aliphatic carbocycles. The topological polar surface area (TPSA) is 63.3 Å². The van der Waals surface area contributed by atoms with Crippen molar-refractivity contribution in [3.8, 4) is 0 Å². The molecule has 0 radical (unpaired) electrons. The van der Waals surface area contributed by atoms with Gasteiger partial charge in [-0.25, -0.2) is 0 Å². The van der Waals surface area contributed by atoms with Crippen molar-refractivity contribution in [2.45, 2.75) is 38.6 Å². The number of carboxylic acid groups (broad SMARTS) is 1. The number of carbonyl (C=O) groups is 1. The summed E-state index contributed by atoms with van der Waals surface area (Å²) in [5.74, 6) is -0.892. The Morgan fingerprint density at radius 3 is 2.60 bits per heavy atom. The van der Waals surface area contributed by atoms with E-state index in [0.29, 0.717) is 6.42 Å². The quantitative estimate of drug-likeness (QED) is 0.567. The third kappa shape index (κ3) is 4.32. The van der Waals surface area contributed by atoms with Crippen LogP contribution < -0.4 is 5.73 Å². The first kappa shape index (κ1) is 9.43. The summed E-state index contributed by atoms with van der Waals surface area (Å²) in [5.41, 5.74) is 5.26. The van der Waals surface area contributed by atoms with Crippen LogP contribution in [0, 0.1) is 0 Å². The molecule has 0 bridgehead atoms. The molecule has 0 heterocycles. The maximum Gasteiger partial charge on any atom is 0.320 e. The largest absolute Gasteiger partial charge is 0.480 e. The van der Waals surface area contributed by atoms with Gasteiger partial charge in [-0.05, 0) is 6.42 Å². The zero-order valence-electron chi connectivity index (χ0n) is 6.34. The fourth-order valence-corrected chi connectivity index (χ4v) is 0.738. The third-order valence-corrected chi connectivity index (χ3v) is 1.44. The number of rotatable bonds is 5. The van der Waals surface area contributed by atoms with Crippen LogP contribution in [0.3, 0.4) is 0 Å². The van der Waals surface area contributed by atoms with Gasteiger partial charge < -0.3 is 10.8 Å². The fraction of sp³-hybridized carbons (Fsp3) is 0.857. The van der Waals surface area contributed by atoms with Crippen LogP contribution in [0.4, 0.5) is 0 Å². The summed E-state index contributed by atoms with van der Waals surface area (Å²) in [4.78, 5) is 10.2. The number of unbranched alkanes of at least 4 members (excludes halogenated alkanes) is 2. The smallest absolute Gasteiger partial charge is 0.320 e. The number of hydrogen-bond acceptors (Lipinski definition) is 2. The van der Waals surface area contributed by atoms with E-state index in [0.717, 1.165) is 19.3 Å². The first-order valence-electron chi connectivity index (χ1n) is 3.67. The van der Waals surface area contributed by atoms with Crippen LogP contribution in [0.25, 0.3) is 0 Å². The molecule has 3 N–H and O–H groups in total. The van der Waals surface area contributed by atoms with E-state index in [-0.39, 0.29) is 0 Å². The van der Waals surface area contributed by atoms with Gasteiger partial charge in [-0.1, -0.05) is 26.2 Å². The van der Waals surface area contributed by atoms with Gasteiger partial charge in [0.25, 0.3) is 0 Å². The van der Waals surface area contributed by atoms with Gasteiger partial charge in [0.05, 0.1) is 0 Å². The molecule has 3 nitrogen and oxygen atoms in total. The molecule has 0 amide bonds. The number of nitrogens with two attached hydrogens (primary N) is 1. The van der Waals surface area contributed by atoms with Crippen molar-refractivity contribution in [1.82, 2.24) is 0 Å². The van der Waals surface area contributed by atoms with Gasteiger partial charge in [-0.3, -0.25) is 4.79 Å². The van der Waals surface area contributed by atoms with E-state index in [1.54, 1.807) is 0 Å². The van der Waals surface area contributed by atoms with Crippen LogP contribution in [-0.2, 0) is 4.79 Å². The Morgan fingerprint density at radius 1 is 1.60 bits per heavy atom. The molecule has 0 spiro atoms. The zero-order valence-corrected chi connectivity index (χ0v) is 6.34. The van der Waals surface area contributed by atoms with E-state index in [1.165, 1.54) is 0 Å². The molecule has 0 aliphatic rings. The molecular weight excluding hydrogens is 130 g/mol. The molecule has 60 valence electrons. The van der Waals surface area contributed by atoms with E-state index < -0.39 is 12.0 Å². The van der Waals surface area contributed by atoms with Gasteiger partial charge in [0.1, 0.15) is 6.04 Å². The van der Waals surface area contributed by atoms with E-state index in [1.807, 2.05) is 0 Å². The minimum Gasteiger partial charge on any atom is -0.480 e. The van der Waals surface area contributed by atoms with Crippen LogP contribution in [0.15, 0.2) is 0 Å². The Hall–Kier alpha value is -0.570. The minimum absolute atomic E-state index is 0.600. The molecule has 0 saturated heterocycles. The summed E-state index contributed by atoms with van der Waals surface area (Å²) in [6, 6.07) is -0.661. The lowest BCUT2D eigenvalue weighted by Crippen LogP contribution is -2.29. The van der Waals surface area contributed by atoms with Gasteiger partial charge in [0.2, 0.25) is 0 Å². The molecule has 0 aromatic heterocycles. The first-order chi connectivity index (χ1) is 4.68. The lowest BCUT2D eigenvalue weighted by molar-refractivity contribution is -0.138. The Bertz CT molecular complexity index is 104. The molecule has 0 unspecified atom stereocenters. The lowest BCUT2D eigenvalue weighted by Gasteiger charge is -2.03. The maximum atomic E-state index is 10.2. The van der Waals surface area contributed by atoms with E-state index in [9.17, 15) is 4.79 Å². The van der Waals surface area contributed by atoms with Crippen molar-refractivity contribution >= 4 is 5.97 Å². The Balaban J connectivity index is 3.21. The molecule has 0 aromatic carbocycles. The summed E-state index contributed by atoms with van der Waals surface area (Å²) in [6.45, 7) is 2.08. The van der Waals surface area contributed by atoms with Gasteiger partial charge in [0, 0.05) is 0 Å². The maximum absolute atomic E-state index is 10.2. The molecule has 0 aliphatic heterocycles. The molecule has 0 fully saturated rings. The molecule has 0 saturated carbocycles. The lowest BCUT2D eigenvalue weighted by atomic mass is 10.1. The summed E-state index contributed by atoms with van der Waals surface area (Å²) >= 11 is 0. The molecule has 10 heavy (non-hydrogen) atoms.